The van der Waals surface area contributed by atoms with Gasteiger partial charge in [0.15, 0.2) is 5.76 Å². The predicted molar refractivity (Wildman–Crippen MR) is 111 cm³/mol. The lowest BCUT2D eigenvalue weighted by Gasteiger charge is -2.12. The molecule has 0 fully saturated rings. The molecule has 0 aliphatic heterocycles. The minimum atomic E-state index is -0.264. The molecule has 0 aliphatic carbocycles. The van der Waals surface area contributed by atoms with Gasteiger partial charge in [0.05, 0.1) is 30.4 Å². The summed E-state index contributed by atoms with van der Waals surface area (Å²) in [5.41, 5.74) is 4.35. The van der Waals surface area contributed by atoms with Crippen molar-refractivity contribution in [3.63, 3.8) is 0 Å². The third-order valence-corrected chi connectivity index (χ3v) is 4.95. The maximum atomic E-state index is 12.2. The van der Waals surface area contributed by atoms with Gasteiger partial charge in [-0.2, -0.15) is 0 Å². The Labute approximate surface area is 169 Å². The van der Waals surface area contributed by atoms with Crippen molar-refractivity contribution in [2.24, 2.45) is 0 Å². The number of imidazole rings is 1. The van der Waals surface area contributed by atoms with Crippen molar-refractivity contribution in [2.45, 2.75) is 26.9 Å². The van der Waals surface area contributed by atoms with Crippen molar-refractivity contribution in [1.82, 2.24) is 14.9 Å². The van der Waals surface area contributed by atoms with E-state index in [4.69, 9.17) is 9.15 Å². The lowest BCUT2D eigenvalue weighted by Crippen LogP contribution is -2.25. The Morgan fingerprint density at radius 3 is 2.76 bits per heavy atom. The molecule has 0 bridgehead atoms. The summed E-state index contributed by atoms with van der Waals surface area (Å²) in [7, 11) is 0. The zero-order valence-electron chi connectivity index (χ0n) is 16.5. The Morgan fingerprint density at radius 1 is 1.10 bits per heavy atom. The number of rotatable bonds is 7. The molecule has 0 atom stereocenters. The number of carbonyl (C=O) groups is 1. The molecule has 0 saturated carbocycles. The van der Waals surface area contributed by atoms with Crippen LogP contribution in [-0.4, -0.2) is 22.1 Å². The van der Waals surface area contributed by atoms with Gasteiger partial charge >= 0.3 is 0 Å². The SMILES string of the molecule is Cc1ccc(OCCn2c(CNC(=O)c3ccco3)nc3ccccc32)cc1C. The van der Waals surface area contributed by atoms with Crippen LogP contribution in [0, 0.1) is 13.8 Å². The first kappa shape index (κ1) is 18.8. The summed E-state index contributed by atoms with van der Waals surface area (Å²) in [5.74, 6) is 1.64. The first-order valence-corrected chi connectivity index (χ1v) is 9.58. The van der Waals surface area contributed by atoms with Gasteiger partial charge in [-0.3, -0.25) is 4.79 Å². The highest BCUT2D eigenvalue weighted by Gasteiger charge is 2.13. The first-order chi connectivity index (χ1) is 14.1. The van der Waals surface area contributed by atoms with E-state index in [-0.39, 0.29) is 11.7 Å². The fraction of sp³-hybridized carbons (Fsp3) is 0.217. The summed E-state index contributed by atoms with van der Waals surface area (Å²) in [6.07, 6.45) is 1.48. The smallest absolute Gasteiger partial charge is 0.287 e. The highest BCUT2D eigenvalue weighted by Crippen LogP contribution is 2.19. The zero-order valence-corrected chi connectivity index (χ0v) is 16.5. The average molecular weight is 389 g/mol. The van der Waals surface area contributed by atoms with Crippen molar-refractivity contribution in [3.05, 3.63) is 83.6 Å². The second-order valence-electron chi connectivity index (χ2n) is 6.92. The Hall–Kier alpha value is -3.54. The van der Waals surface area contributed by atoms with E-state index in [2.05, 4.69) is 34.8 Å². The van der Waals surface area contributed by atoms with Crippen molar-refractivity contribution in [2.75, 3.05) is 6.61 Å². The Bertz CT molecular complexity index is 1130. The van der Waals surface area contributed by atoms with Gasteiger partial charge in [-0.15, -0.1) is 0 Å². The second kappa shape index (κ2) is 8.22. The lowest BCUT2D eigenvalue weighted by atomic mass is 10.1. The number of fused-ring (bicyclic) bond motifs is 1. The molecule has 148 valence electrons. The van der Waals surface area contributed by atoms with Crippen LogP contribution in [0.25, 0.3) is 11.0 Å². The van der Waals surface area contributed by atoms with Crippen molar-refractivity contribution >= 4 is 16.9 Å². The van der Waals surface area contributed by atoms with Crippen LogP contribution in [0.1, 0.15) is 27.5 Å². The van der Waals surface area contributed by atoms with Gasteiger partial charge < -0.3 is 19.0 Å². The van der Waals surface area contributed by atoms with Crippen molar-refractivity contribution in [1.29, 1.82) is 0 Å². The topological polar surface area (TPSA) is 69.3 Å². The number of hydrogen-bond donors (Lipinski definition) is 1. The Kier molecular flexibility index (Phi) is 5.33. The molecule has 2 aromatic carbocycles. The van der Waals surface area contributed by atoms with Gasteiger partial charge in [-0.1, -0.05) is 18.2 Å². The fourth-order valence-electron chi connectivity index (χ4n) is 3.22. The van der Waals surface area contributed by atoms with Gasteiger partial charge in [0.2, 0.25) is 0 Å². The molecule has 1 amide bonds. The van der Waals surface area contributed by atoms with E-state index in [0.29, 0.717) is 19.7 Å². The highest BCUT2D eigenvalue weighted by atomic mass is 16.5. The third kappa shape index (κ3) is 4.16. The fourth-order valence-corrected chi connectivity index (χ4v) is 3.22. The molecule has 1 N–H and O–H groups in total. The molecule has 4 aromatic rings. The number of aryl methyl sites for hydroxylation is 2. The molecular weight excluding hydrogens is 366 g/mol. The van der Waals surface area contributed by atoms with Crippen LogP contribution < -0.4 is 10.1 Å². The van der Waals surface area contributed by atoms with Crippen molar-refractivity contribution in [3.8, 4) is 5.75 Å². The predicted octanol–water partition coefficient (Wildman–Crippen LogP) is 4.26. The number of carbonyl (C=O) groups excluding carboxylic acids is 1. The number of aromatic nitrogens is 2. The molecule has 2 heterocycles. The monoisotopic (exact) mass is 389 g/mol. The molecule has 4 rings (SSSR count). The van der Waals surface area contributed by atoms with E-state index in [1.54, 1.807) is 12.1 Å². The summed E-state index contributed by atoms with van der Waals surface area (Å²) in [5, 5.41) is 2.87. The number of ether oxygens (including phenoxy) is 1. The standard InChI is InChI=1S/C23H23N3O3/c1-16-9-10-18(14-17(16)2)28-13-11-26-20-7-4-3-6-19(20)25-22(26)15-24-23(27)21-8-5-12-29-21/h3-10,12,14H,11,13,15H2,1-2H3,(H,24,27). The minimum absolute atomic E-state index is 0.264. The van der Waals surface area contributed by atoms with E-state index in [1.807, 2.05) is 36.4 Å². The number of para-hydroxylation sites is 2. The van der Waals surface area contributed by atoms with Gasteiger partial charge in [0, 0.05) is 0 Å². The van der Waals surface area contributed by atoms with Gasteiger partial charge in [-0.05, 0) is 61.4 Å². The molecule has 2 aromatic heterocycles. The van der Waals surface area contributed by atoms with Crippen LogP contribution >= 0.6 is 0 Å². The molecule has 0 spiro atoms. The molecular formula is C23H23N3O3. The molecule has 0 aliphatic rings. The van der Waals surface area contributed by atoms with E-state index in [1.165, 1.54) is 17.4 Å². The molecule has 0 saturated heterocycles. The molecule has 0 radical (unpaired) electrons. The largest absolute Gasteiger partial charge is 0.492 e. The van der Waals surface area contributed by atoms with E-state index in [9.17, 15) is 4.79 Å². The summed E-state index contributed by atoms with van der Waals surface area (Å²) in [6, 6.07) is 17.3. The minimum Gasteiger partial charge on any atom is -0.492 e. The zero-order chi connectivity index (χ0) is 20.2. The number of furan rings is 1. The highest BCUT2D eigenvalue weighted by molar-refractivity contribution is 5.91. The van der Waals surface area contributed by atoms with E-state index < -0.39 is 0 Å². The normalized spacial score (nSPS) is 11.0. The van der Waals surface area contributed by atoms with Crippen molar-refractivity contribution < 1.29 is 13.9 Å². The summed E-state index contributed by atoms with van der Waals surface area (Å²) in [6.45, 7) is 5.59. The van der Waals surface area contributed by atoms with E-state index >= 15 is 0 Å². The quantitative estimate of drug-likeness (QED) is 0.513. The van der Waals surface area contributed by atoms with Crippen LogP contribution in [0.4, 0.5) is 0 Å². The lowest BCUT2D eigenvalue weighted by molar-refractivity contribution is 0.0921. The van der Waals surface area contributed by atoms with E-state index in [0.717, 1.165) is 22.6 Å². The van der Waals surface area contributed by atoms with Gasteiger partial charge in [0.1, 0.15) is 18.2 Å². The average Bonchev–Trinajstić information content (AvgIpc) is 3.37. The number of nitrogens with zero attached hydrogens (tertiary/aromatic N) is 2. The van der Waals surface area contributed by atoms with Crippen LogP contribution in [-0.2, 0) is 13.1 Å². The maximum absolute atomic E-state index is 12.2. The number of benzene rings is 2. The first-order valence-electron chi connectivity index (χ1n) is 9.58. The van der Waals surface area contributed by atoms with Crippen LogP contribution in [0.2, 0.25) is 0 Å². The number of amides is 1. The van der Waals surface area contributed by atoms with Gasteiger partial charge in [-0.25, -0.2) is 4.98 Å². The third-order valence-electron chi connectivity index (χ3n) is 4.95. The Balaban J connectivity index is 1.48. The second-order valence-corrected chi connectivity index (χ2v) is 6.92. The van der Waals surface area contributed by atoms with Gasteiger partial charge in [0.25, 0.3) is 5.91 Å². The number of nitrogens with one attached hydrogen (secondary N) is 1. The summed E-state index contributed by atoms with van der Waals surface area (Å²) in [4.78, 5) is 16.9. The molecule has 0 unspecified atom stereocenters. The Morgan fingerprint density at radius 2 is 1.97 bits per heavy atom. The van der Waals surface area contributed by atoms with Crippen LogP contribution in [0.15, 0.2) is 65.3 Å². The molecule has 6 nitrogen and oxygen atoms in total. The van der Waals surface area contributed by atoms with Crippen LogP contribution in [0.5, 0.6) is 5.75 Å². The number of hydrogen-bond acceptors (Lipinski definition) is 4. The molecule has 6 heteroatoms. The maximum Gasteiger partial charge on any atom is 0.287 e. The molecule has 29 heavy (non-hydrogen) atoms. The summed E-state index contributed by atoms with van der Waals surface area (Å²) >= 11 is 0. The summed E-state index contributed by atoms with van der Waals surface area (Å²) < 4.78 is 13.2. The van der Waals surface area contributed by atoms with Crippen LogP contribution in [0.3, 0.4) is 0 Å².